The Bertz CT molecular complexity index is 815. The molecule has 5 unspecified atom stereocenters. The molecule has 0 radical (unpaired) electrons. The second-order valence-corrected chi connectivity index (χ2v) is 7.88. The minimum Gasteiger partial charge on any atom is -0.508 e. The molecule has 5 atom stereocenters. The van der Waals surface area contributed by atoms with E-state index in [1.807, 2.05) is 0 Å². The summed E-state index contributed by atoms with van der Waals surface area (Å²) in [6.07, 6.45) is 3.23. The number of nitrogens with one attached hydrogen (secondary N) is 1. The molecule has 4 heterocycles. The van der Waals surface area contributed by atoms with Crippen LogP contribution in [-0.4, -0.2) is 34.1 Å². The lowest BCUT2D eigenvalue weighted by Gasteiger charge is -2.53. The summed E-state index contributed by atoms with van der Waals surface area (Å²) in [6, 6.07) is 4.98. The number of aromatic nitrogens is 1. The fraction of sp³-hybridized carbons (Fsp3) is 0.579. The summed E-state index contributed by atoms with van der Waals surface area (Å²) >= 11 is 0. The van der Waals surface area contributed by atoms with Crippen LogP contribution in [0.25, 0.3) is 10.9 Å². The first-order chi connectivity index (χ1) is 11.5. The predicted octanol–water partition coefficient (Wildman–Crippen LogP) is 4.18. The normalized spacial score (nSPS) is 36.5. The first kappa shape index (κ1) is 14.7. The Balaban J connectivity index is 1.76. The molecule has 0 amide bonds. The summed E-state index contributed by atoms with van der Waals surface area (Å²) in [5.74, 6) is -1.67. The Morgan fingerprint density at radius 3 is 2.96 bits per heavy atom. The van der Waals surface area contributed by atoms with Gasteiger partial charge in [0, 0.05) is 35.1 Å². The molecule has 4 aliphatic rings. The van der Waals surface area contributed by atoms with Crippen LogP contribution >= 0.6 is 0 Å². The molecule has 2 N–H and O–H groups in total. The van der Waals surface area contributed by atoms with E-state index in [0.717, 1.165) is 25.1 Å². The Labute approximate surface area is 139 Å². The summed E-state index contributed by atoms with van der Waals surface area (Å²) in [7, 11) is 0. The van der Waals surface area contributed by atoms with Gasteiger partial charge in [-0.05, 0) is 42.9 Å². The van der Waals surface area contributed by atoms with Crippen LogP contribution in [0, 0.1) is 11.8 Å². The van der Waals surface area contributed by atoms with Gasteiger partial charge in [0.2, 0.25) is 0 Å². The topological polar surface area (TPSA) is 39.3 Å². The lowest BCUT2D eigenvalue weighted by molar-refractivity contribution is -0.0843. The van der Waals surface area contributed by atoms with Crippen LogP contribution in [0.2, 0.25) is 0 Å². The van der Waals surface area contributed by atoms with E-state index in [9.17, 15) is 5.11 Å². The first-order valence-electron chi connectivity index (χ1n) is 8.95. The lowest BCUT2D eigenvalue weighted by Crippen LogP contribution is -2.57. The van der Waals surface area contributed by atoms with E-state index in [1.54, 1.807) is 12.1 Å². The summed E-state index contributed by atoms with van der Waals surface area (Å²) in [5.41, 5.74) is 1.56. The van der Waals surface area contributed by atoms with Gasteiger partial charge in [-0.15, -0.1) is 0 Å². The molecule has 1 aliphatic carbocycles. The predicted molar refractivity (Wildman–Crippen MR) is 88.5 cm³/mol. The lowest BCUT2D eigenvalue weighted by atomic mass is 9.65. The van der Waals surface area contributed by atoms with Crippen molar-refractivity contribution in [3.8, 4) is 5.75 Å². The van der Waals surface area contributed by atoms with Gasteiger partial charge >= 0.3 is 0 Å². The number of aromatic amines is 1. The van der Waals surface area contributed by atoms with Crippen molar-refractivity contribution in [2.75, 3.05) is 13.1 Å². The van der Waals surface area contributed by atoms with E-state index in [4.69, 9.17) is 0 Å². The van der Waals surface area contributed by atoms with E-state index >= 15 is 8.78 Å². The number of alkyl halides is 2. The highest BCUT2D eigenvalue weighted by atomic mass is 19.3. The third-order valence-electron chi connectivity index (χ3n) is 6.51. The van der Waals surface area contributed by atoms with Crippen molar-refractivity contribution in [3.63, 3.8) is 0 Å². The number of piperidine rings is 2. The van der Waals surface area contributed by atoms with Crippen molar-refractivity contribution in [2.45, 2.75) is 44.1 Å². The van der Waals surface area contributed by atoms with E-state index in [1.165, 1.54) is 12.5 Å². The second-order valence-electron chi connectivity index (χ2n) is 7.88. The number of nitrogens with zero attached hydrogens (tertiary/aromatic N) is 1. The monoisotopic (exact) mass is 332 g/mol. The molecule has 24 heavy (non-hydrogen) atoms. The van der Waals surface area contributed by atoms with E-state index in [0.29, 0.717) is 22.7 Å². The molecule has 5 heteroatoms. The van der Waals surface area contributed by atoms with Gasteiger partial charge < -0.3 is 10.1 Å². The van der Waals surface area contributed by atoms with Crippen LogP contribution in [0.5, 0.6) is 5.75 Å². The summed E-state index contributed by atoms with van der Waals surface area (Å²) < 4.78 is 30.4. The molecule has 2 saturated heterocycles. The molecule has 1 aromatic heterocycles. The Kier molecular flexibility index (Phi) is 2.89. The number of aromatic hydroxyl groups is 1. The van der Waals surface area contributed by atoms with Gasteiger partial charge in [-0.3, -0.25) is 4.90 Å². The SMILES string of the molecule is CCC1CC2CC3c4[nH]c5ccc(O)cc5c4C(F)(F)CN(C2)C13. The fourth-order valence-electron chi connectivity index (χ4n) is 5.72. The molecule has 3 fully saturated rings. The van der Waals surface area contributed by atoms with Gasteiger partial charge in [0.15, 0.2) is 0 Å². The quantitative estimate of drug-likeness (QED) is 0.822. The fourth-order valence-corrected chi connectivity index (χ4v) is 5.72. The van der Waals surface area contributed by atoms with Gasteiger partial charge in [-0.2, -0.15) is 8.78 Å². The van der Waals surface area contributed by atoms with Crippen LogP contribution in [0.3, 0.4) is 0 Å². The molecular weight excluding hydrogens is 310 g/mol. The number of hydrogen-bond donors (Lipinski definition) is 2. The van der Waals surface area contributed by atoms with Gasteiger partial charge in [0.05, 0.1) is 12.1 Å². The highest BCUT2D eigenvalue weighted by Gasteiger charge is 2.54. The standard InChI is InChI=1S/C19H22F2N2O/c1-2-11-5-10-6-14-17-16(13-7-12(24)3-4-15(13)22-17)19(20,21)9-23(8-10)18(11)14/h3-4,7,10-11,14,18,22,24H,2,5-6,8-9H2,1H3. The van der Waals surface area contributed by atoms with Gasteiger partial charge in [0.1, 0.15) is 5.75 Å². The molecule has 128 valence electrons. The third-order valence-corrected chi connectivity index (χ3v) is 6.51. The first-order valence-corrected chi connectivity index (χ1v) is 8.95. The Morgan fingerprint density at radius 2 is 2.17 bits per heavy atom. The van der Waals surface area contributed by atoms with Crippen molar-refractivity contribution in [3.05, 3.63) is 29.5 Å². The third kappa shape index (κ3) is 1.85. The largest absolute Gasteiger partial charge is 0.508 e. The van der Waals surface area contributed by atoms with Crippen molar-refractivity contribution in [1.29, 1.82) is 0 Å². The van der Waals surface area contributed by atoms with Gasteiger partial charge in [-0.25, -0.2) is 0 Å². The number of halogens is 2. The zero-order chi connectivity index (χ0) is 16.6. The van der Waals surface area contributed by atoms with E-state index < -0.39 is 5.92 Å². The molecule has 1 aromatic carbocycles. The highest BCUT2D eigenvalue weighted by Crippen LogP contribution is 2.54. The number of benzene rings is 1. The number of phenols is 1. The van der Waals surface area contributed by atoms with Crippen LogP contribution in [0.4, 0.5) is 8.78 Å². The summed E-state index contributed by atoms with van der Waals surface area (Å²) in [6.45, 7) is 2.79. The average Bonchev–Trinajstić information content (AvgIpc) is 2.90. The summed E-state index contributed by atoms with van der Waals surface area (Å²) in [4.78, 5) is 5.36. The smallest absolute Gasteiger partial charge is 0.287 e. The maximum Gasteiger partial charge on any atom is 0.287 e. The number of rotatable bonds is 1. The molecular formula is C19H22F2N2O. The van der Waals surface area contributed by atoms with E-state index in [2.05, 4.69) is 16.8 Å². The van der Waals surface area contributed by atoms with E-state index in [-0.39, 0.29) is 29.8 Å². The number of H-pyrrole nitrogens is 1. The maximum absolute atomic E-state index is 15.2. The van der Waals surface area contributed by atoms with Crippen molar-refractivity contribution in [2.24, 2.45) is 11.8 Å². The van der Waals surface area contributed by atoms with Gasteiger partial charge in [-0.1, -0.05) is 13.3 Å². The molecule has 2 aromatic rings. The maximum atomic E-state index is 15.2. The zero-order valence-corrected chi connectivity index (χ0v) is 13.7. The van der Waals surface area contributed by atoms with Gasteiger partial charge in [0.25, 0.3) is 5.92 Å². The molecule has 0 spiro atoms. The minimum atomic E-state index is -2.89. The van der Waals surface area contributed by atoms with Crippen molar-refractivity contribution >= 4 is 10.9 Å². The minimum absolute atomic E-state index is 0.0422. The molecule has 3 nitrogen and oxygen atoms in total. The second kappa shape index (κ2) is 4.72. The highest BCUT2D eigenvalue weighted by molar-refractivity contribution is 5.87. The van der Waals surface area contributed by atoms with Crippen LogP contribution in [0.15, 0.2) is 18.2 Å². The zero-order valence-electron chi connectivity index (χ0n) is 13.7. The number of fused-ring (bicyclic) bond motifs is 4. The van der Waals surface area contributed by atoms with Crippen LogP contribution in [0.1, 0.15) is 43.4 Å². The Hall–Kier alpha value is -1.62. The molecule has 6 rings (SSSR count). The van der Waals surface area contributed by atoms with Crippen molar-refractivity contribution < 1.29 is 13.9 Å². The van der Waals surface area contributed by atoms with Crippen LogP contribution in [-0.2, 0) is 5.92 Å². The molecule has 1 saturated carbocycles. The summed E-state index contributed by atoms with van der Waals surface area (Å²) in [5, 5.41) is 10.3. The van der Waals surface area contributed by atoms with Crippen LogP contribution < -0.4 is 0 Å². The van der Waals surface area contributed by atoms with Crippen molar-refractivity contribution in [1.82, 2.24) is 9.88 Å². The number of phenolic OH excluding ortho intramolecular Hbond substituents is 1. The number of hydrogen-bond acceptors (Lipinski definition) is 2. The Morgan fingerprint density at radius 1 is 1.33 bits per heavy atom. The average molecular weight is 332 g/mol. The molecule has 3 aliphatic heterocycles. The molecule has 4 bridgehead atoms.